The summed E-state index contributed by atoms with van der Waals surface area (Å²) in [6, 6.07) is 12.3. The second kappa shape index (κ2) is 6.97. The molecule has 0 unspecified atom stereocenters. The summed E-state index contributed by atoms with van der Waals surface area (Å²) < 4.78 is 2.03. The zero-order valence-corrected chi connectivity index (χ0v) is 16.1. The van der Waals surface area contributed by atoms with Crippen molar-refractivity contribution in [3.63, 3.8) is 0 Å². The van der Waals surface area contributed by atoms with Gasteiger partial charge in [-0.15, -0.1) is 16.4 Å². The highest BCUT2D eigenvalue weighted by Gasteiger charge is 2.09. The minimum atomic E-state index is -0.124. The van der Waals surface area contributed by atoms with Gasteiger partial charge in [-0.25, -0.2) is 0 Å². The highest BCUT2D eigenvalue weighted by Crippen LogP contribution is 2.15. The van der Waals surface area contributed by atoms with E-state index < -0.39 is 0 Å². The fourth-order valence-corrected chi connectivity index (χ4v) is 4.12. The molecule has 1 aromatic carbocycles. The number of aromatic nitrogens is 3. The topological polar surface area (TPSA) is 47.3 Å². The lowest BCUT2D eigenvalue weighted by molar-refractivity contribution is 0.866. The standard InChI is InChI=1S/C20H17N3OS2/c1-13(2)15-7-5-14(6-8-15)12-17-19(24)23-20(26-17)21-18(22-23)10-9-16-4-3-11-25-16/h3-13H,1-2H3. The predicted octanol–water partition coefficient (Wildman–Crippen LogP) is 4.05. The van der Waals surface area contributed by atoms with Crippen LogP contribution in [0.4, 0.5) is 0 Å². The zero-order chi connectivity index (χ0) is 18.1. The number of rotatable bonds is 4. The average Bonchev–Trinajstić information content (AvgIpc) is 3.33. The number of thiazole rings is 1. The summed E-state index contributed by atoms with van der Waals surface area (Å²) in [5, 5.41) is 6.33. The minimum Gasteiger partial charge on any atom is -0.266 e. The van der Waals surface area contributed by atoms with Gasteiger partial charge in [0.05, 0.1) is 4.53 Å². The molecule has 0 saturated carbocycles. The van der Waals surface area contributed by atoms with Crippen molar-refractivity contribution in [1.82, 2.24) is 14.6 Å². The summed E-state index contributed by atoms with van der Waals surface area (Å²) in [5.74, 6) is 1.04. The zero-order valence-electron chi connectivity index (χ0n) is 14.4. The first-order valence-corrected chi connectivity index (χ1v) is 10.0. The molecule has 0 radical (unpaired) electrons. The summed E-state index contributed by atoms with van der Waals surface area (Å²) in [4.78, 5) is 18.8. The number of hydrogen-bond acceptors (Lipinski definition) is 5. The maximum absolute atomic E-state index is 12.6. The molecule has 4 rings (SSSR count). The third kappa shape index (κ3) is 3.38. The lowest BCUT2D eigenvalue weighted by atomic mass is 10.0. The van der Waals surface area contributed by atoms with E-state index >= 15 is 0 Å². The summed E-state index contributed by atoms with van der Waals surface area (Å²) >= 11 is 3.01. The molecule has 0 aliphatic rings. The van der Waals surface area contributed by atoms with Crippen molar-refractivity contribution in [3.05, 3.63) is 78.5 Å². The molecule has 0 amide bonds. The van der Waals surface area contributed by atoms with Gasteiger partial charge in [0.1, 0.15) is 0 Å². The molecule has 0 saturated heterocycles. The van der Waals surface area contributed by atoms with Crippen LogP contribution in [-0.2, 0) is 0 Å². The van der Waals surface area contributed by atoms with Crippen molar-refractivity contribution in [2.75, 3.05) is 0 Å². The third-order valence-corrected chi connectivity index (χ3v) is 5.84. The van der Waals surface area contributed by atoms with Gasteiger partial charge in [0, 0.05) is 4.88 Å². The maximum atomic E-state index is 12.6. The number of benzene rings is 1. The molecule has 6 heteroatoms. The summed E-state index contributed by atoms with van der Waals surface area (Å²) in [6.45, 7) is 4.33. The number of nitrogens with zero attached hydrogens (tertiary/aromatic N) is 3. The molecule has 0 fully saturated rings. The first-order valence-electron chi connectivity index (χ1n) is 8.33. The molecule has 3 heterocycles. The van der Waals surface area contributed by atoms with E-state index in [0.29, 0.717) is 21.2 Å². The van der Waals surface area contributed by atoms with Crippen LogP contribution in [0, 0.1) is 0 Å². The monoisotopic (exact) mass is 379 g/mol. The van der Waals surface area contributed by atoms with Gasteiger partial charge in [0.15, 0.2) is 5.82 Å². The van der Waals surface area contributed by atoms with Gasteiger partial charge >= 0.3 is 0 Å². The second-order valence-electron chi connectivity index (χ2n) is 6.25. The Labute approximate surface area is 158 Å². The van der Waals surface area contributed by atoms with Crippen LogP contribution >= 0.6 is 22.7 Å². The first kappa shape index (κ1) is 16.9. The van der Waals surface area contributed by atoms with E-state index in [1.165, 1.54) is 21.4 Å². The van der Waals surface area contributed by atoms with Crippen molar-refractivity contribution in [2.45, 2.75) is 19.8 Å². The fraction of sp³-hybridized carbons (Fsp3) is 0.150. The van der Waals surface area contributed by atoms with E-state index in [1.54, 1.807) is 11.3 Å². The van der Waals surface area contributed by atoms with Crippen LogP contribution in [0.25, 0.3) is 23.2 Å². The summed E-state index contributed by atoms with van der Waals surface area (Å²) in [7, 11) is 0. The van der Waals surface area contributed by atoms with Crippen molar-refractivity contribution >= 4 is 45.9 Å². The van der Waals surface area contributed by atoms with Gasteiger partial charge in [-0.05, 0) is 46.7 Å². The normalized spacial score (nSPS) is 12.8. The molecule has 26 heavy (non-hydrogen) atoms. The fourth-order valence-electron chi connectivity index (χ4n) is 2.59. The Kier molecular flexibility index (Phi) is 4.53. The molecule has 0 atom stereocenters. The van der Waals surface area contributed by atoms with Gasteiger partial charge in [0.25, 0.3) is 5.56 Å². The maximum Gasteiger partial charge on any atom is 0.291 e. The van der Waals surface area contributed by atoms with Crippen LogP contribution in [0.1, 0.15) is 41.6 Å². The molecule has 4 aromatic rings. The highest BCUT2D eigenvalue weighted by molar-refractivity contribution is 7.15. The molecular formula is C20H17N3OS2. The Balaban J connectivity index is 1.66. The Bertz CT molecular complexity index is 1170. The van der Waals surface area contributed by atoms with Gasteiger partial charge in [0.2, 0.25) is 4.96 Å². The summed E-state index contributed by atoms with van der Waals surface area (Å²) in [6.07, 6.45) is 5.69. The number of hydrogen-bond donors (Lipinski definition) is 0. The lowest BCUT2D eigenvalue weighted by Crippen LogP contribution is -2.23. The highest BCUT2D eigenvalue weighted by atomic mass is 32.1. The van der Waals surface area contributed by atoms with E-state index in [1.807, 2.05) is 47.9 Å². The Morgan fingerprint density at radius 3 is 2.58 bits per heavy atom. The number of fused-ring (bicyclic) bond motifs is 1. The van der Waals surface area contributed by atoms with Crippen LogP contribution < -0.4 is 10.1 Å². The molecule has 0 aliphatic heterocycles. The van der Waals surface area contributed by atoms with Crippen molar-refractivity contribution in [2.24, 2.45) is 0 Å². The van der Waals surface area contributed by atoms with Crippen LogP contribution in [-0.4, -0.2) is 14.6 Å². The van der Waals surface area contributed by atoms with Crippen LogP contribution in [0.2, 0.25) is 0 Å². The van der Waals surface area contributed by atoms with Crippen LogP contribution in [0.3, 0.4) is 0 Å². The second-order valence-corrected chi connectivity index (χ2v) is 8.24. The molecule has 0 bridgehead atoms. The van der Waals surface area contributed by atoms with Gasteiger partial charge < -0.3 is 0 Å². The van der Waals surface area contributed by atoms with Gasteiger partial charge in [-0.1, -0.05) is 55.5 Å². The molecular weight excluding hydrogens is 362 g/mol. The quantitative estimate of drug-likeness (QED) is 0.537. The number of thiophene rings is 1. The largest absolute Gasteiger partial charge is 0.291 e. The first-order chi connectivity index (χ1) is 12.6. The van der Waals surface area contributed by atoms with E-state index in [4.69, 9.17) is 0 Å². The molecule has 0 spiro atoms. The smallest absolute Gasteiger partial charge is 0.266 e. The molecule has 3 aromatic heterocycles. The Morgan fingerprint density at radius 2 is 1.92 bits per heavy atom. The third-order valence-electron chi connectivity index (χ3n) is 4.04. The predicted molar refractivity (Wildman–Crippen MR) is 110 cm³/mol. The SMILES string of the molecule is CC(C)c1ccc(C=c2sc3nc(C=Cc4cccs4)nn3c2=O)cc1. The average molecular weight is 380 g/mol. The Hall–Kier alpha value is -2.57. The Morgan fingerprint density at radius 1 is 1.12 bits per heavy atom. The van der Waals surface area contributed by atoms with Gasteiger partial charge in [-0.2, -0.15) is 9.50 Å². The van der Waals surface area contributed by atoms with Crippen LogP contribution in [0.15, 0.2) is 46.6 Å². The van der Waals surface area contributed by atoms with E-state index in [-0.39, 0.29) is 5.56 Å². The molecule has 4 nitrogen and oxygen atoms in total. The molecule has 130 valence electrons. The van der Waals surface area contributed by atoms with Crippen molar-refractivity contribution < 1.29 is 0 Å². The van der Waals surface area contributed by atoms with Crippen LogP contribution in [0.5, 0.6) is 0 Å². The minimum absolute atomic E-state index is 0.124. The van der Waals surface area contributed by atoms with Crippen molar-refractivity contribution in [3.8, 4) is 0 Å². The van der Waals surface area contributed by atoms with Crippen molar-refractivity contribution in [1.29, 1.82) is 0 Å². The van der Waals surface area contributed by atoms with E-state index in [9.17, 15) is 4.79 Å². The van der Waals surface area contributed by atoms with E-state index in [0.717, 1.165) is 10.4 Å². The van der Waals surface area contributed by atoms with E-state index in [2.05, 4.69) is 36.1 Å². The summed E-state index contributed by atoms with van der Waals surface area (Å²) in [5.41, 5.74) is 2.17. The lowest BCUT2D eigenvalue weighted by Gasteiger charge is -2.04. The molecule has 0 N–H and O–H groups in total. The molecule has 0 aliphatic carbocycles. The van der Waals surface area contributed by atoms with Gasteiger partial charge in [-0.3, -0.25) is 4.79 Å².